The van der Waals surface area contributed by atoms with Crippen LogP contribution in [0.2, 0.25) is 0 Å². The minimum Gasteiger partial charge on any atom is -0.481 e. The molecule has 0 spiro atoms. The Balaban J connectivity index is 1.83. The summed E-state index contributed by atoms with van der Waals surface area (Å²) in [6, 6.07) is 4.15. The van der Waals surface area contributed by atoms with Crippen LogP contribution in [-0.4, -0.2) is 64.1 Å². The number of halogens is 3. The van der Waals surface area contributed by atoms with Gasteiger partial charge in [0.15, 0.2) is 0 Å². The molecule has 2 heterocycles. The molecule has 5 nitrogen and oxygen atoms in total. The van der Waals surface area contributed by atoms with Gasteiger partial charge in [-0.05, 0) is 31.0 Å². The smallest absolute Gasteiger partial charge is 0.416 e. The van der Waals surface area contributed by atoms with E-state index in [1.807, 2.05) is 0 Å². The Morgan fingerprint density at radius 3 is 2.29 bits per heavy atom. The highest BCUT2D eigenvalue weighted by atomic mass is 32.2. The van der Waals surface area contributed by atoms with Crippen LogP contribution in [0.15, 0.2) is 24.3 Å². The van der Waals surface area contributed by atoms with Crippen molar-refractivity contribution in [1.29, 1.82) is 0 Å². The zero-order valence-corrected chi connectivity index (χ0v) is 16.3. The average molecular weight is 416 g/mol. The van der Waals surface area contributed by atoms with Crippen molar-refractivity contribution in [3.8, 4) is 0 Å². The predicted octanol–water partition coefficient (Wildman–Crippen LogP) is 3.75. The molecular weight excluding hydrogens is 393 g/mol. The maximum atomic E-state index is 13.0. The van der Waals surface area contributed by atoms with E-state index in [0.717, 1.165) is 23.6 Å². The second-order valence-electron chi connectivity index (χ2n) is 7.27. The van der Waals surface area contributed by atoms with Crippen LogP contribution in [0, 0.1) is 5.92 Å². The number of carbonyl (C=O) groups excluding carboxylic acids is 1. The highest BCUT2D eigenvalue weighted by molar-refractivity contribution is 7.99. The third-order valence-electron chi connectivity index (χ3n) is 5.58. The van der Waals surface area contributed by atoms with Crippen molar-refractivity contribution in [2.75, 3.05) is 31.1 Å². The summed E-state index contributed by atoms with van der Waals surface area (Å²) in [5, 5.41) is 9.63. The van der Waals surface area contributed by atoms with E-state index < -0.39 is 29.7 Å². The molecule has 154 valence electrons. The lowest BCUT2D eigenvalue weighted by Gasteiger charge is -2.44. The first kappa shape index (κ1) is 20.8. The van der Waals surface area contributed by atoms with Crippen LogP contribution < -0.4 is 0 Å². The van der Waals surface area contributed by atoms with Gasteiger partial charge in [0.1, 0.15) is 0 Å². The van der Waals surface area contributed by atoms with Gasteiger partial charge in [-0.25, -0.2) is 4.79 Å². The molecule has 1 aromatic rings. The number of hydrogen-bond donors (Lipinski definition) is 1. The lowest BCUT2D eigenvalue weighted by molar-refractivity contribution is -0.145. The summed E-state index contributed by atoms with van der Waals surface area (Å²) in [4.78, 5) is 28.1. The summed E-state index contributed by atoms with van der Waals surface area (Å²) >= 11 is 1.77. The number of piperidine rings is 1. The zero-order valence-electron chi connectivity index (χ0n) is 15.5. The molecule has 1 aromatic carbocycles. The summed E-state index contributed by atoms with van der Waals surface area (Å²) in [5.41, 5.74) is -0.118. The quantitative estimate of drug-likeness (QED) is 0.798. The SMILES string of the molecule is CC1C(C(=O)O)CC(c2ccc(C(F)(F)F)cc2)CN1C(=O)N1CCSCC1. The Bertz CT molecular complexity index is 720. The molecule has 0 bridgehead atoms. The number of benzene rings is 1. The Labute approximate surface area is 165 Å². The van der Waals surface area contributed by atoms with Crippen LogP contribution in [0.4, 0.5) is 18.0 Å². The number of hydrogen-bond acceptors (Lipinski definition) is 3. The molecule has 2 saturated heterocycles. The number of carboxylic acids is 1. The summed E-state index contributed by atoms with van der Waals surface area (Å²) in [7, 11) is 0. The van der Waals surface area contributed by atoms with Crippen LogP contribution >= 0.6 is 11.8 Å². The van der Waals surface area contributed by atoms with Gasteiger partial charge in [0.2, 0.25) is 0 Å². The third-order valence-corrected chi connectivity index (χ3v) is 6.53. The molecular formula is C19H23F3N2O3S. The van der Waals surface area contributed by atoms with Crippen molar-refractivity contribution in [3.05, 3.63) is 35.4 Å². The van der Waals surface area contributed by atoms with E-state index in [2.05, 4.69) is 0 Å². The fraction of sp³-hybridized carbons (Fsp3) is 0.579. The topological polar surface area (TPSA) is 60.9 Å². The lowest BCUT2D eigenvalue weighted by atomic mass is 9.80. The van der Waals surface area contributed by atoms with Gasteiger partial charge in [0.05, 0.1) is 11.5 Å². The van der Waals surface area contributed by atoms with Crippen molar-refractivity contribution in [3.63, 3.8) is 0 Å². The van der Waals surface area contributed by atoms with Crippen molar-refractivity contribution in [2.24, 2.45) is 5.92 Å². The molecule has 3 atom stereocenters. The normalized spacial score (nSPS) is 26.2. The third kappa shape index (κ3) is 4.39. The van der Waals surface area contributed by atoms with Crippen LogP contribution in [-0.2, 0) is 11.0 Å². The van der Waals surface area contributed by atoms with Crippen LogP contribution in [0.1, 0.15) is 30.4 Å². The molecule has 0 saturated carbocycles. The van der Waals surface area contributed by atoms with Gasteiger partial charge in [-0.15, -0.1) is 0 Å². The molecule has 2 fully saturated rings. The maximum absolute atomic E-state index is 13.0. The second kappa shape index (κ2) is 8.23. The number of aliphatic carboxylic acids is 1. The maximum Gasteiger partial charge on any atom is 0.416 e. The van der Waals surface area contributed by atoms with Gasteiger partial charge in [-0.2, -0.15) is 24.9 Å². The highest BCUT2D eigenvalue weighted by Gasteiger charge is 2.41. The van der Waals surface area contributed by atoms with Gasteiger partial charge in [0.25, 0.3) is 0 Å². The van der Waals surface area contributed by atoms with E-state index in [1.165, 1.54) is 12.1 Å². The van der Waals surface area contributed by atoms with Crippen LogP contribution in [0.5, 0.6) is 0 Å². The van der Waals surface area contributed by atoms with E-state index in [0.29, 0.717) is 31.6 Å². The number of nitrogens with zero attached hydrogens (tertiary/aromatic N) is 2. The number of likely N-dealkylation sites (tertiary alicyclic amines) is 1. The zero-order chi connectivity index (χ0) is 20.5. The molecule has 3 unspecified atom stereocenters. The summed E-state index contributed by atoms with van der Waals surface area (Å²) in [6.45, 7) is 3.28. The molecule has 0 radical (unpaired) electrons. The first-order valence-electron chi connectivity index (χ1n) is 9.21. The molecule has 3 rings (SSSR count). The summed E-state index contributed by atoms with van der Waals surface area (Å²) < 4.78 is 38.5. The molecule has 28 heavy (non-hydrogen) atoms. The molecule has 0 aromatic heterocycles. The fourth-order valence-corrected chi connectivity index (χ4v) is 4.78. The molecule has 0 aliphatic carbocycles. The van der Waals surface area contributed by atoms with Gasteiger partial charge >= 0.3 is 18.2 Å². The number of carboxylic acid groups (broad SMARTS) is 1. The van der Waals surface area contributed by atoms with Crippen LogP contribution in [0.25, 0.3) is 0 Å². The Morgan fingerprint density at radius 1 is 1.14 bits per heavy atom. The highest BCUT2D eigenvalue weighted by Crippen LogP contribution is 2.36. The minimum absolute atomic E-state index is 0.185. The van der Waals surface area contributed by atoms with Gasteiger partial charge < -0.3 is 14.9 Å². The van der Waals surface area contributed by atoms with Crippen molar-refractivity contribution >= 4 is 23.8 Å². The molecule has 2 aliphatic heterocycles. The van der Waals surface area contributed by atoms with Gasteiger partial charge in [-0.1, -0.05) is 12.1 Å². The predicted molar refractivity (Wildman–Crippen MR) is 100 cm³/mol. The Kier molecular flexibility index (Phi) is 6.12. The van der Waals surface area contributed by atoms with E-state index in [9.17, 15) is 27.9 Å². The minimum atomic E-state index is -4.42. The second-order valence-corrected chi connectivity index (χ2v) is 8.50. The molecule has 9 heteroatoms. The lowest BCUT2D eigenvalue weighted by Crippen LogP contribution is -2.56. The van der Waals surface area contributed by atoms with E-state index >= 15 is 0 Å². The van der Waals surface area contributed by atoms with E-state index in [1.54, 1.807) is 28.5 Å². The number of carbonyl (C=O) groups is 2. The first-order chi connectivity index (χ1) is 13.2. The van der Waals surface area contributed by atoms with Crippen molar-refractivity contribution in [1.82, 2.24) is 9.80 Å². The van der Waals surface area contributed by atoms with Crippen LogP contribution in [0.3, 0.4) is 0 Å². The number of thioether (sulfide) groups is 1. The number of alkyl halides is 3. The molecule has 2 aliphatic rings. The van der Waals surface area contributed by atoms with Crippen molar-refractivity contribution in [2.45, 2.75) is 31.5 Å². The fourth-order valence-electron chi connectivity index (χ4n) is 3.88. The van der Waals surface area contributed by atoms with Gasteiger partial charge in [0, 0.05) is 43.1 Å². The standard InChI is InChI=1S/C19H23F3N2O3S/c1-12-16(17(25)26)10-14(13-2-4-15(5-3-13)19(20,21)22)11-24(12)18(27)23-6-8-28-9-7-23/h2-5,12,14,16H,6-11H2,1H3,(H,25,26). The summed E-state index contributed by atoms with van der Waals surface area (Å²) in [5.74, 6) is -0.375. The van der Waals surface area contributed by atoms with Crippen molar-refractivity contribution < 1.29 is 27.9 Å². The average Bonchev–Trinajstić information content (AvgIpc) is 2.67. The molecule has 1 N–H and O–H groups in total. The largest absolute Gasteiger partial charge is 0.481 e. The Hall–Kier alpha value is -1.90. The van der Waals surface area contributed by atoms with E-state index in [4.69, 9.17) is 0 Å². The summed E-state index contributed by atoms with van der Waals surface area (Å²) in [6.07, 6.45) is -4.13. The van der Waals surface area contributed by atoms with Gasteiger partial charge in [-0.3, -0.25) is 4.79 Å². The molecule has 2 amide bonds. The first-order valence-corrected chi connectivity index (χ1v) is 10.4. The van der Waals surface area contributed by atoms with E-state index in [-0.39, 0.29) is 11.9 Å². The monoisotopic (exact) mass is 416 g/mol. The number of rotatable bonds is 2. The number of urea groups is 1. The Morgan fingerprint density at radius 2 is 1.75 bits per heavy atom. The number of amides is 2.